The SMILES string of the molecule is CC1SCCC1Nc1cnn(C)c1Br. The molecule has 2 atom stereocenters. The Morgan fingerprint density at radius 2 is 2.50 bits per heavy atom. The van der Waals surface area contributed by atoms with Gasteiger partial charge < -0.3 is 5.32 Å². The molecule has 0 amide bonds. The highest BCUT2D eigenvalue weighted by atomic mass is 79.9. The van der Waals surface area contributed by atoms with Crippen molar-refractivity contribution in [2.45, 2.75) is 24.6 Å². The van der Waals surface area contributed by atoms with Crippen LogP contribution in [-0.2, 0) is 7.05 Å². The topological polar surface area (TPSA) is 29.9 Å². The molecule has 2 unspecified atom stereocenters. The van der Waals surface area contributed by atoms with E-state index in [-0.39, 0.29) is 0 Å². The molecule has 0 saturated carbocycles. The smallest absolute Gasteiger partial charge is 0.126 e. The lowest BCUT2D eigenvalue weighted by Gasteiger charge is -2.16. The number of rotatable bonds is 2. The zero-order chi connectivity index (χ0) is 10.1. The van der Waals surface area contributed by atoms with Gasteiger partial charge in [0, 0.05) is 18.3 Å². The largest absolute Gasteiger partial charge is 0.378 e. The van der Waals surface area contributed by atoms with Gasteiger partial charge in [-0.2, -0.15) is 16.9 Å². The van der Waals surface area contributed by atoms with Crippen molar-refractivity contribution in [2.75, 3.05) is 11.1 Å². The van der Waals surface area contributed by atoms with Gasteiger partial charge in [0.1, 0.15) is 4.60 Å². The van der Waals surface area contributed by atoms with Crippen LogP contribution in [0.2, 0.25) is 0 Å². The Hall–Kier alpha value is -0.160. The molecule has 1 aliphatic rings. The van der Waals surface area contributed by atoms with Crippen LogP contribution in [0.3, 0.4) is 0 Å². The van der Waals surface area contributed by atoms with E-state index in [1.165, 1.54) is 12.2 Å². The first-order valence-corrected chi connectivity index (χ1v) is 6.58. The third-order valence-corrected chi connectivity index (χ3v) is 4.85. The van der Waals surface area contributed by atoms with Gasteiger partial charge in [0.05, 0.1) is 11.9 Å². The number of aryl methyl sites for hydroxylation is 1. The van der Waals surface area contributed by atoms with Gasteiger partial charge >= 0.3 is 0 Å². The van der Waals surface area contributed by atoms with Crippen molar-refractivity contribution in [1.29, 1.82) is 0 Å². The second kappa shape index (κ2) is 4.14. The van der Waals surface area contributed by atoms with Gasteiger partial charge in [-0.05, 0) is 28.1 Å². The molecular weight excluding hydrogens is 262 g/mol. The third kappa shape index (κ3) is 1.93. The Bertz CT molecular complexity index is 326. The summed E-state index contributed by atoms with van der Waals surface area (Å²) in [5, 5.41) is 8.41. The fourth-order valence-electron chi connectivity index (χ4n) is 1.64. The summed E-state index contributed by atoms with van der Waals surface area (Å²) in [5.41, 5.74) is 1.10. The zero-order valence-electron chi connectivity index (χ0n) is 8.33. The molecule has 1 N–H and O–H groups in total. The summed E-state index contributed by atoms with van der Waals surface area (Å²) in [4.78, 5) is 0. The van der Waals surface area contributed by atoms with E-state index in [1.807, 2.05) is 29.7 Å². The molecule has 0 radical (unpaired) electrons. The van der Waals surface area contributed by atoms with Crippen LogP contribution in [0.1, 0.15) is 13.3 Å². The molecule has 2 heterocycles. The highest BCUT2D eigenvalue weighted by molar-refractivity contribution is 9.10. The minimum atomic E-state index is 0.584. The van der Waals surface area contributed by atoms with Crippen molar-refractivity contribution >= 4 is 33.4 Å². The third-order valence-electron chi connectivity index (χ3n) is 2.58. The minimum absolute atomic E-state index is 0.584. The summed E-state index contributed by atoms with van der Waals surface area (Å²) < 4.78 is 2.86. The highest BCUT2D eigenvalue weighted by Crippen LogP contribution is 2.30. The van der Waals surface area contributed by atoms with Gasteiger partial charge in [-0.1, -0.05) is 6.92 Å². The van der Waals surface area contributed by atoms with Crippen molar-refractivity contribution in [1.82, 2.24) is 9.78 Å². The van der Waals surface area contributed by atoms with Crippen molar-refractivity contribution in [3.8, 4) is 0 Å². The molecule has 0 bridgehead atoms. The summed E-state index contributed by atoms with van der Waals surface area (Å²) in [7, 11) is 1.93. The predicted octanol–water partition coefficient (Wildman–Crippen LogP) is 2.49. The molecule has 14 heavy (non-hydrogen) atoms. The number of nitrogens with one attached hydrogen (secondary N) is 1. The van der Waals surface area contributed by atoms with Gasteiger partial charge in [-0.15, -0.1) is 0 Å². The van der Waals surface area contributed by atoms with Gasteiger partial charge in [-0.3, -0.25) is 4.68 Å². The molecule has 1 fully saturated rings. The molecule has 0 spiro atoms. The second-order valence-corrected chi connectivity index (χ2v) is 5.82. The van der Waals surface area contributed by atoms with Crippen LogP contribution in [0, 0.1) is 0 Å². The standard InChI is InChI=1S/C9H14BrN3S/c1-6-7(3-4-14-6)12-8-5-11-13(2)9(8)10/h5-7,12H,3-4H2,1-2H3. The lowest BCUT2D eigenvalue weighted by Crippen LogP contribution is -2.24. The van der Waals surface area contributed by atoms with Crippen molar-refractivity contribution in [3.05, 3.63) is 10.8 Å². The van der Waals surface area contributed by atoms with E-state index in [2.05, 4.69) is 33.3 Å². The van der Waals surface area contributed by atoms with Crippen molar-refractivity contribution < 1.29 is 0 Å². The number of hydrogen-bond acceptors (Lipinski definition) is 3. The molecule has 0 aromatic carbocycles. The van der Waals surface area contributed by atoms with Gasteiger partial charge in [0.2, 0.25) is 0 Å². The first kappa shape index (κ1) is 10.4. The molecule has 1 aliphatic heterocycles. The summed E-state index contributed by atoms with van der Waals surface area (Å²) >= 11 is 5.54. The number of aromatic nitrogens is 2. The summed E-state index contributed by atoms with van der Waals surface area (Å²) in [6.07, 6.45) is 3.12. The van der Waals surface area contributed by atoms with Gasteiger partial charge in [-0.25, -0.2) is 0 Å². The molecule has 1 saturated heterocycles. The minimum Gasteiger partial charge on any atom is -0.378 e. The predicted molar refractivity (Wildman–Crippen MR) is 64.9 cm³/mol. The Balaban J connectivity index is 2.07. The molecular formula is C9H14BrN3S. The molecule has 1 aromatic heterocycles. The summed E-state index contributed by atoms with van der Waals surface area (Å²) in [5.74, 6) is 1.26. The number of halogens is 1. The first-order valence-electron chi connectivity index (χ1n) is 4.74. The molecule has 3 nitrogen and oxygen atoms in total. The molecule has 2 rings (SSSR count). The van der Waals surface area contributed by atoms with Gasteiger partial charge in [0.25, 0.3) is 0 Å². The number of hydrogen-bond donors (Lipinski definition) is 1. The first-order chi connectivity index (χ1) is 6.68. The van der Waals surface area contributed by atoms with Crippen LogP contribution in [0.4, 0.5) is 5.69 Å². The molecule has 0 aliphatic carbocycles. The van der Waals surface area contributed by atoms with E-state index in [1.54, 1.807) is 0 Å². The number of nitrogens with zero attached hydrogens (tertiary/aromatic N) is 2. The molecule has 5 heteroatoms. The van der Waals surface area contributed by atoms with E-state index in [0.29, 0.717) is 11.3 Å². The maximum Gasteiger partial charge on any atom is 0.126 e. The quantitative estimate of drug-likeness (QED) is 0.900. The monoisotopic (exact) mass is 275 g/mol. The highest BCUT2D eigenvalue weighted by Gasteiger charge is 2.24. The molecule has 78 valence electrons. The fourth-order valence-corrected chi connectivity index (χ4v) is 3.15. The Labute approximate surface area is 96.8 Å². The summed E-state index contributed by atoms with van der Waals surface area (Å²) in [6.45, 7) is 2.28. The average Bonchev–Trinajstić information content (AvgIpc) is 2.68. The van der Waals surface area contributed by atoms with Crippen molar-refractivity contribution in [2.24, 2.45) is 7.05 Å². The van der Waals surface area contributed by atoms with E-state index >= 15 is 0 Å². The fraction of sp³-hybridized carbons (Fsp3) is 0.667. The van der Waals surface area contributed by atoms with E-state index in [4.69, 9.17) is 0 Å². The van der Waals surface area contributed by atoms with Crippen molar-refractivity contribution in [3.63, 3.8) is 0 Å². The lowest BCUT2D eigenvalue weighted by molar-refractivity contribution is 0.721. The van der Waals surface area contributed by atoms with Crippen LogP contribution >= 0.6 is 27.7 Å². The summed E-state index contributed by atoms with van der Waals surface area (Å²) in [6, 6.07) is 0.584. The maximum absolute atomic E-state index is 4.18. The average molecular weight is 276 g/mol. The maximum atomic E-state index is 4.18. The normalized spacial score (nSPS) is 26.8. The van der Waals surface area contributed by atoms with E-state index in [0.717, 1.165) is 10.3 Å². The Morgan fingerprint density at radius 1 is 1.71 bits per heavy atom. The zero-order valence-corrected chi connectivity index (χ0v) is 10.7. The van der Waals surface area contributed by atoms with E-state index < -0.39 is 0 Å². The Morgan fingerprint density at radius 3 is 3.00 bits per heavy atom. The number of thioether (sulfide) groups is 1. The van der Waals surface area contributed by atoms with Gasteiger partial charge in [0.15, 0.2) is 0 Å². The second-order valence-electron chi connectivity index (χ2n) is 3.59. The van der Waals surface area contributed by atoms with Crippen LogP contribution in [0.15, 0.2) is 10.8 Å². The Kier molecular flexibility index (Phi) is 3.07. The van der Waals surface area contributed by atoms with Crippen LogP contribution in [0.5, 0.6) is 0 Å². The van der Waals surface area contributed by atoms with Crippen LogP contribution in [0.25, 0.3) is 0 Å². The van der Waals surface area contributed by atoms with Crippen LogP contribution in [-0.4, -0.2) is 26.8 Å². The van der Waals surface area contributed by atoms with E-state index in [9.17, 15) is 0 Å². The number of anilines is 1. The lowest BCUT2D eigenvalue weighted by atomic mass is 10.2. The van der Waals surface area contributed by atoms with Crippen LogP contribution < -0.4 is 5.32 Å². The molecule has 1 aromatic rings.